The van der Waals surface area contributed by atoms with Crippen molar-refractivity contribution < 1.29 is 9.53 Å². The molecule has 42 heavy (non-hydrogen) atoms. The summed E-state index contributed by atoms with van der Waals surface area (Å²) in [6.07, 6.45) is 8.72. The van der Waals surface area contributed by atoms with Crippen LogP contribution in [0.5, 0.6) is 5.75 Å². The van der Waals surface area contributed by atoms with Gasteiger partial charge in [0.25, 0.3) is 0 Å². The Hall–Kier alpha value is -1.74. The molecule has 0 unspecified atom stereocenters. The smallest absolute Gasteiger partial charge is 0.247 e. The van der Waals surface area contributed by atoms with Crippen LogP contribution in [-0.4, -0.2) is 69.3 Å². The topological polar surface area (TPSA) is 63.5 Å². The molecule has 3 aromatic rings. The number of hydrogen-bond donors (Lipinski definition) is 0. The number of aromatic nitrogens is 3. The molecule has 0 radical (unpaired) electrons. The van der Waals surface area contributed by atoms with Crippen molar-refractivity contribution in [3.63, 3.8) is 0 Å². The van der Waals surface area contributed by atoms with Crippen LogP contribution in [0.4, 0.5) is 0 Å². The van der Waals surface area contributed by atoms with E-state index < -0.39 is 6.04 Å². The average molecular weight is 678 g/mol. The van der Waals surface area contributed by atoms with Gasteiger partial charge in [-0.2, -0.15) is 5.10 Å². The maximum atomic E-state index is 13.8. The fourth-order valence-corrected chi connectivity index (χ4v) is 6.58. The van der Waals surface area contributed by atoms with Crippen molar-refractivity contribution in [3.05, 3.63) is 75.2 Å². The number of piperidine rings is 1. The van der Waals surface area contributed by atoms with E-state index in [1.807, 2.05) is 23.1 Å². The van der Waals surface area contributed by atoms with E-state index in [1.54, 1.807) is 23.1 Å². The molecule has 2 atom stereocenters. The van der Waals surface area contributed by atoms with Crippen LogP contribution >= 0.6 is 59.6 Å². The van der Waals surface area contributed by atoms with Crippen LogP contribution < -0.4 is 4.74 Å². The summed E-state index contributed by atoms with van der Waals surface area (Å²) in [5.74, 6) is 1.17. The van der Waals surface area contributed by atoms with E-state index in [0.717, 1.165) is 43.7 Å². The second-order valence-corrected chi connectivity index (χ2v) is 12.0. The van der Waals surface area contributed by atoms with Gasteiger partial charge in [-0.25, -0.2) is 9.67 Å². The summed E-state index contributed by atoms with van der Waals surface area (Å²) in [6, 6.07) is 11.2. The van der Waals surface area contributed by atoms with E-state index in [2.05, 4.69) is 28.0 Å². The first-order chi connectivity index (χ1) is 19.4. The number of nitrogens with zero attached hydrogens (tertiary/aromatic N) is 5. The maximum absolute atomic E-state index is 13.8. The second kappa shape index (κ2) is 16.4. The quantitative estimate of drug-likeness (QED) is 0.222. The van der Waals surface area contributed by atoms with Gasteiger partial charge in [0.2, 0.25) is 5.91 Å². The SMILES string of the molecule is CC[C@H](COc1cc(Cl)ccc1C1CCN(C(=O)[C@@H](Cc2ccc(Cl)cc2Cl)n2cncn2)CC1)N1CCCC1.Cl.Cl. The summed E-state index contributed by atoms with van der Waals surface area (Å²) in [4.78, 5) is 22.3. The number of amides is 1. The van der Waals surface area contributed by atoms with Crippen LogP contribution in [0.1, 0.15) is 62.1 Å². The fourth-order valence-electron chi connectivity index (χ4n) is 5.93. The molecule has 2 aliphatic heterocycles. The molecule has 0 aliphatic carbocycles. The molecule has 2 aromatic carbocycles. The summed E-state index contributed by atoms with van der Waals surface area (Å²) in [6.45, 7) is 6.49. The number of rotatable bonds is 10. The van der Waals surface area contributed by atoms with E-state index in [1.165, 1.54) is 24.7 Å². The van der Waals surface area contributed by atoms with Gasteiger partial charge in [-0.3, -0.25) is 9.69 Å². The van der Waals surface area contributed by atoms with E-state index in [-0.39, 0.29) is 30.7 Å². The second-order valence-electron chi connectivity index (χ2n) is 10.7. The van der Waals surface area contributed by atoms with E-state index >= 15 is 0 Å². The van der Waals surface area contributed by atoms with Gasteiger partial charge in [0.15, 0.2) is 0 Å². The summed E-state index contributed by atoms with van der Waals surface area (Å²) < 4.78 is 8.06. The van der Waals surface area contributed by atoms with E-state index in [0.29, 0.717) is 53.1 Å². The molecule has 0 saturated carbocycles. The van der Waals surface area contributed by atoms with Gasteiger partial charge in [0, 0.05) is 40.6 Å². The van der Waals surface area contributed by atoms with Crippen molar-refractivity contribution in [2.75, 3.05) is 32.8 Å². The predicted molar refractivity (Wildman–Crippen MR) is 174 cm³/mol. The summed E-state index contributed by atoms with van der Waals surface area (Å²) >= 11 is 18.9. The number of likely N-dealkylation sites (tertiary alicyclic amines) is 2. The Morgan fingerprint density at radius 3 is 2.33 bits per heavy atom. The summed E-state index contributed by atoms with van der Waals surface area (Å²) in [5, 5.41) is 6.06. The largest absolute Gasteiger partial charge is 0.492 e. The molecule has 1 amide bonds. The minimum absolute atomic E-state index is 0. The number of ether oxygens (including phenoxy) is 1. The number of carbonyl (C=O) groups excluding carboxylic acids is 1. The van der Waals surface area contributed by atoms with Gasteiger partial charge >= 0.3 is 0 Å². The third-order valence-electron chi connectivity index (χ3n) is 8.25. The van der Waals surface area contributed by atoms with Gasteiger partial charge in [0.05, 0.1) is 0 Å². The lowest BCUT2D eigenvalue weighted by Gasteiger charge is -2.35. The predicted octanol–water partition coefficient (Wildman–Crippen LogP) is 7.53. The molecule has 0 bridgehead atoms. The van der Waals surface area contributed by atoms with Gasteiger partial charge in [-0.05, 0) is 86.5 Å². The number of hydrogen-bond acceptors (Lipinski definition) is 5. The molecular formula is C30H38Cl5N5O2. The Balaban J connectivity index is 0.00000242. The molecule has 2 aliphatic rings. The normalized spacial score (nSPS) is 17.3. The van der Waals surface area contributed by atoms with Crippen molar-refractivity contribution in [1.29, 1.82) is 0 Å². The Morgan fingerprint density at radius 1 is 1.00 bits per heavy atom. The zero-order chi connectivity index (χ0) is 28.1. The molecular weight excluding hydrogens is 640 g/mol. The highest BCUT2D eigenvalue weighted by atomic mass is 35.5. The van der Waals surface area contributed by atoms with E-state index in [4.69, 9.17) is 39.5 Å². The van der Waals surface area contributed by atoms with Crippen molar-refractivity contribution in [1.82, 2.24) is 24.6 Å². The monoisotopic (exact) mass is 675 g/mol. The van der Waals surface area contributed by atoms with Crippen LogP contribution in [0.25, 0.3) is 0 Å². The lowest BCUT2D eigenvalue weighted by Crippen LogP contribution is -2.43. The van der Waals surface area contributed by atoms with Crippen molar-refractivity contribution in [2.24, 2.45) is 0 Å². The van der Waals surface area contributed by atoms with Gasteiger partial charge in [-0.1, -0.05) is 53.9 Å². The molecule has 230 valence electrons. The van der Waals surface area contributed by atoms with Gasteiger partial charge < -0.3 is 9.64 Å². The summed E-state index contributed by atoms with van der Waals surface area (Å²) in [7, 11) is 0. The third kappa shape index (κ3) is 8.46. The number of benzene rings is 2. The molecule has 12 heteroatoms. The molecule has 2 saturated heterocycles. The summed E-state index contributed by atoms with van der Waals surface area (Å²) in [5.41, 5.74) is 2.02. The van der Waals surface area contributed by atoms with Gasteiger partial charge in [-0.15, -0.1) is 24.8 Å². The number of halogens is 5. The molecule has 3 heterocycles. The van der Waals surface area contributed by atoms with Crippen LogP contribution in [0.15, 0.2) is 49.1 Å². The first-order valence-electron chi connectivity index (χ1n) is 14.2. The molecule has 2 fully saturated rings. The van der Waals surface area contributed by atoms with Crippen LogP contribution in [0, 0.1) is 0 Å². The Bertz CT molecular complexity index is 1280. The molecule has 1 aromatic heterocycles. The Kier molecular flexibility index (Phi) is 13.5. The van der Waals surface area contributed by atoms with Gasteiger partial charge in [0.1, 0.15) is 31.1 Å². The number of carbonyl (C=O) groups is 1. The highest BCUT2D eigenvalue weighted by Gasteiger charge is 2.32. The van der Waals surface area contributed by atoms with Crippen molar-refractivity contribution in [3.8, 4) is 5.75 Å². The maximum Gasteiger partial charge on any atom is 0.247 e. The minimum Gasteiger partial charge on any atom is -0.492 e. The molecule has 0 spiro atoms. The zero-order valence-electron chi connectivity index (χ0n) is 23.6. The van der Waals surface area contributed by atoms with Crippen LogP contribution in [-0.2, 0) is 11.2 Å². The molecule has 0 N–H and O–H groups in total. The lowest BCUT2D eigenvalue weighted by molar-refractivity contribution is -0.136. The zero-order valence-corrected chi connectivity index (χ0v) is 27.5. The lowest BCUT2D eigenvalue weighted by atomic mass is 9.88. The van der Waals surface area contributed by atoms with Crippen LogP contribution in [0.2, 0.25) is 15.1 Å². The minimum atomic E-state index is -0.538. The first-order valence-corrected chi connectivity index (χ1v) is 15.3. The standard InChI is InChI=1S/C30H36Cl3N5O2.2ClH/c1-2-25(36-11-3-4-12-36)18-40-29-17-24(32)7-8-26(29)21-9-13-37(14-10-21)30(39)28(38-20-34-19-35-38)15-22-5-6-23(31)16-27(22)33;;/h5-8,16-17,19-21,25,28H,2-4,9-15,18H2,1H3;2*1H/t25-,28-;;/m1../s1. The van der Waals surface area contributed by atoms with E-state index in [9.17, 15) is 4.79 Å². The molecule has 5 rings (SSSR count). The van der Waals surface area contributed by atoms with Crippen LogP contribution in [0.3, 0.4) is 0 Å². The third-order valence-corrected chi connectivity index (χ3v) is 9.07. The molecule has 7 nitrogen and oxygen atoms in total. The Labute approximate surface area is 275 Å². The highest BCUT2D eigenvalue weighted by molar-refractivity contribution is 6.35. The van der Waals surface area contributed by atoms with Crippen molar-refractivity contribution in [2.45, 2.75) is 63.5 Å². The Morgan fingerprint density at radius 2 is 1.69 bits per heavy atom. The fraction of sp³-hybridized carbons (Fsp3) is 0.500. The van der Waals surface area contributed by atoms with Crippen molar-refractivity contribution >= 4 is 65.5 Å². The highest BCUT2D eigenvalue weighted by Crippen LogP contribution is 2.37. The average Bonchev–Trinajstić information content (AvgIpc) is 3.68. The first kappa shape index (κ1) is 34.7.